The minimum atomic E-state index is -1.58. The second kappa shape index (κ2) is 6.92. The van der Waals surface area contributed by atoms with Gasteiger partial charge >= 0.3 is 5.69 Å². The minimum absolute atomic E-state index is 0.167. The Labute approximate surface area is 136 Å². The molecule has 0 aliphatic heterocycles. The highest BCUT2D eigenvalue weighted by Crippen LogP contribution is 2.48. The highest BCUT2D eigenvalue weighted by molar-refractivity contribution is 5.70. The van der Waals surface area contributed by atoms with Crippen molar-refractivity contribution in [2.45, 2.75) is 6.10 Å². The van der Waals surface area contributed by atoms with E-state index in [0.717, 1.165) is 6.07 Å². The smallest absolute Gasteiger partial charge is 0.327 e. The zero-order chi connectivity index (χ0) is 17.9. The molecular weight excluding hydrogens is 320 g/mol. The largest absolute Gasteiger partial charge is 0.492 e. The van der Waals surface area contributed by atoms with Crippen LogP contribution in [-0.4, -0.2) is 29.2 Å². The lowest BCUT2D eigenvalue weighted by Crippen LogP contribution is -2.10. The second-order valence-corrected chi connectivity index (χ2v) is 4.72. The molecule has 2 aromatic rings. The Bertz CT molecular complexity index is 777. The quantitative estimate of drug-likeness (QED) is 0.635. The highest BCUT2D eigenvalue weighted by Gasteiger charge is 2.38. The summed E-state index contributed by atoms with van der Waals surface area (Å²) < 4.78 is 9.93. The molecule has 24 heavy (non-hydrogen) atoms. The van der Waals surface area contributed by atoms with Crippen LogP contribution in [0.4, 0.5) is 11.4 Å². The van der Waals surface area contributed by atoms with Gasteiger partial charge in [-0.2, -0.15) is 0 Å². The molecule has 2 rings (SSSR count). The average molecular weight is 334 g/mol. The summed E-state index contributed by atoms with van der Waals surface area (Å²) in [4.78, 5) is 21.2. The Morgan fingerprint density at radius 3 is 2.12 bits per heavy atom. The summed E-state index contributed by atoms with van der Waals surface area (Å²) in [5.41, 5.74) is -1.53. The molecule has 0 aromatic heterocycles. The average Bonchev–Trinajstić information content (AvgIpc) is 2.59. The first-order chi connectivity index (χ1) is 11.4. The summed E-state index contributed by atoms with van der Waals surface area (Å²) in [7, 11) is 2.38. The van der Waals surface area contributed by atoms with Crippen LogP contribution in [0.3, 0.4) is 0 Å². The van der Waals surface area contributed by atoms with Crippen LogP contribution < -0.4 is 9.47 Å². The Kier molecular flexibility index (Phi) is 4.95. The van der Waals surface area contributed by atoms with Gasteiger partial charge in [-0.05, 0) is 5.56 Å². The molecule has 0 bridgehead atoms. The molecule has 0 saturated carbocycles. The maximum atomic E-state index is 11.5. The number of methoxy groups -OCH3 is 2. The van der Waals surface area contributed by atoms with Crippen molar-refractivity contribution in [3.8, 4) is 11.5 Å². The Hall–Kier alpha value is -3.20. The summed E-state index contributed by atoms with van der Waals surface area (Å²) in [5.74, 6) is -0.460. The number of hydrogen-bond acceptors (Lipinski definition) is 7. The van der Waals surface area contributed by atoms with E-state index in [4.69, 9.17) is 9.47 Å². The topological polar surface area (TPSA) is 125 Å². The summed E-state index contributed by atoms with van der Waals surface area (Å²) in [5, 5.41) is 33.4. The molecule has 9 nitrogen and oxygen atoms in total. The van der Waals surface area contributed by atoms with Crippen molar-refractivity contribution in [2.24, 2.45) is 0 Å². The van der Waals surface area contributed by atoms with E-state index in [1.54, 1.807) is 18.2 Å². The molecule has 0 radical (unpaired) electrons. The normalized spacial score (nSPS) is 11.6. The lowest BCUT2D eigenvalue weighted by Gasteiger charge is -2.15. The predicted octanol–water partition coefficient (Wildman–Crippen LogP) is 2.60. The fraction of sp³-hybridized carbons (Fsp3) is 0.200. The van der Waals surface area contributed by atoms with Gasteiger partial charge in [-0.3, -0.25) is 20.2 Å². The van der Waals surface area contributed by atoms with E-state index in [-0.39, 0.29) is 17.1 Å². The number of nitro groups is 2. The van der Waals surface area contributed by atoms with Crippen LogP contribution >= 0.6 is 0 Å². The Morgan fingerprint density at radius 2 is 1.67 bits per heavy atom. The maximum Gasteiger partial charge on any atom is 0.327 e. The number of ether oxygens (including phenoxy) is 2. The van der Waals surface area contributed by atoms with Gasteiger partial charge in [0.2, 0.25) is 5.75 Å². The molecule has 1 unspecified atom stereocenters. The molecule has 0 amide bonds. The van der Waals surface area contributed by atoms with E-state index in [9.17, 15) is 25.3 Å². The first kappa shape index (κ1) is 17.2. The molecule has 0 aliphatic carbocycles. The van der Waals surface area contributed by atoms with E-state index in [2.05, 4.69) is 0 Å². The van der Waals surface area contributed by atoms with Gasteiger partial charge in [-0.15, -0.1) is 0 Å². The molecule has 126 valence electrons. The van der Waals surface area contributed by atoms with Crippen molar-refractivity contribution < 1.29 is 24.4 Å². The number of nitro benzene ring substituents is 2. The van der Waals surface area contributed by atoms with Crippen molar-refractivity contribution in [2.75, 3.05) is 14.2 Å². The van der Waals surface area contributed by atoms with Crippen LogP contribution in [0.5, 0.6) is 11.5 Å². The lowest BCUT2D eigenvalue weighted by molar-refractivity contribution is -0.397. The van der Waals surface area contributed by atoms with Crippen LogP contribution in [0.2, 0.25) is 0 Å². The molecule has 0 aliphatic rings. The Morgan fingerprint density at radius 1 is 1.04 bits per heavy atom. The van der Waals surface area contributed by atoms with Crippen LogP contribution in [0.25, 0.3) is 0 Å². The van der Waals surface area contributed by atoms with Gasteiger partial charge in [0.05, 0.1) is 30.1 Å². The van der Waals surface area contributed by atoms with Crippen LogP contribution in [-0.2, 0) is 0 Å². The number of aliphatic hydroxyl groups is 1. The molecule has 0 spiro atoms. The number of aliphatic hydroxyl groups excluding tert-OH is 1. The van der Waals surface area contributed by atoms with Gasteiger partial charge in [0.25, 0.3) is 5.69 Å². The van der Waals surface area contributed by atoms with Crippen LogP contribution in [0.1, 0.15) is 17.2 Å². The third-order valence-electron chi connectivity index (χ3n) is 3.43. The first-order valence-electron chi connectivity index (χ1n) is 6.73. The van der Waals surface area contributed by atoms with Gasteiger partial charge in [0.1, 0.15) is 11.7 Å². The zero-order valence-electron chi connectivity index (χ0n) is 12.8. The zero-order valence-corrected chi connectivity index (χ0v) is 12.8. The molecule has 9 heteroatoms. The molecule has 1 atom stereocenters. The van der Waals surface area contributed by atoms with Crippen LogP contribution in [0.15, 0.2) is 36.4 Å². The molecule has 2 aromatic carbocycles. The number of nitrogens with zero attached hydrogens (tertiary/aromatic N) is 2. The van der Waals surface area contributed by atoms with Crippen molar-refractivity contribution in [3.63, 3.8) is 0 Å². The minimum Gasteiger partial charge on any atom is -0.492 e. The third kappa shape index (κ3) is 2.97. The first-order valence-corrected chi connectivity index (χ1v) is 6.73. The summed E-state index contributed by atoms with van der Waals surface area (Å²) in [6, 6.07) is 8.92. The molecule has 0 fully saturated rings. The van der Waals surface area contributed by atoms with Crippen LogP contribution in [0, 0.1) is 20.2 Å². The van der Waals surface area contributed by atoms with Gasteiger partial charge in [0.15, 0.2) is 5.75 Å². The monoisotopic (exact) mass is 334 g/mol. The fourth-order valence-electron chi connectivity index (χ4n) is 2.38. The van der Waals surface area contributed by atoms with Gasteiger partial charge < -0.3 is 14.6 Å². The van der Waals surface area contributed by atoms with E-state index in [1.165, 1.54) is 26.4 Å². The summed E-state index contributed by atoms with van der Waals surface area (Å²) in [6.07, 6.45) is -1.58. The number of hydrogen-bond donors (Lipinski definition) is 1. The van der Waals surface area contributed by atoms with Gasteiger partial charge in [0, 0.05) is 0 Å². The maximum absolute atomic E-state index is 11.5. The standard InChI is InChI=1S/C15H14N2O7/c1-23-11-8-10(16(19)20)12(13(17(21)22)15(11)24-2)14(18)9-6-4-3-5-7-9/h3-8,14,18H,1-2H3. The predicted molar refractivity (Wildman–Crippen MR) is 83.4 cm³/mol. The van der Waals surface area contributed by atoms with Crippen molar-refractivity contribution in [1.82, 2.24) is 0 Å². The van der Waals surface area contributed by atoms with Gasteiger partial charge in [-0.1, -0.05) is 30.3 Å². The molecule has 0 heterocycles. The fourth-order valence-corrected chi connectivity index (χ4v) is 2.38. The number of benzene rings is 2. The highest BCUT2D eigenvalue weighted by atomic mass is 16.6. The van der Waals surface area contributed by atoms with Crippen molar-refractivity contribution >= 4 is 11.4 Å². The number of rotatable bonds is 6. The third-order valence-corrected chi connectivity index (χ3v) is 3.43. The molecule has 0 saturated heterocycles. The van der Waals surface area contributed by atoms with E-state index >= 15 is 0 Å². The lowest BCUT2D eigenvalue weighted by atomic mass is 9.97. The van der Waals surface area contributed by atoms with E-state index in [1.807, 2.05) is 0 Å². The van der Waals surface area contributed by atoms with Crippen molar-refractivity contribution in [1.29, 1.82) is 0 Å². The second-order valence-electron chi connectivity index (χ2n) is 4.72. The van der Waals surface area contributed by atoms with E-state index in [0.29, 0.717) is 0 Å². The van der Waals surface area contributed by atoms with E-state index < -0.39 is 32.9 Å². The summed E-state index contributed by atoms with van der Waals surface area (Å²) in [6.45, 7) is 0. The molecular formula is C15H14N2O7. The Balaban J connectivity index is 2.85. The summed E-state index contributed by atoms with van der Waals surface area (Å²) >= 11 is 0. The van der Waals surface area contributed by atoms with Gasteiger partial charge in [-0.25, -0.2) is 0 Å². The van der Waals surface area contributed by atoms with Crippen molar-refractivity contribution in [3.05, 3.63) is 67.8 Å². The molecule has 1 N–H and O–H groups in total. The SMILES string of the molecule is COc1cc([N+](=O)[O-])c(C(O)c2ccccc2)c([N+](=O)[O-])c1OC.